The van der Waals surface area contributed by atoms with E-state index in [4.69, 9.17) is 5.73 Å². The summed E-state index contributed by atoms with van der Waals surface area (Å²) in [6.07, 6.45) is 0. The first-order valence-corrected chi connectivity index (χ1v) is 12.6. The highest BCUT2D eigenvalue weighted by molar-refractivity contribution is 7.89. The zero-order valence-corrected chi connectivity index (χ0v) is 20.8. The van der Waals surface area contributed by atoms with Crippen LogP contribution in [0.4, 0.5) is 5.69 Å². The number of hydrogen-bond donors (Lipinski definition) is 2. The van der Waals surface area contributed by atoms with E-state index < -0.39 is 45.6 Å². The second-order valence-corrected chi connectivity index (χ2v) is 10.3. The number of hydrogen-bond acceptors (Lipinski definition) is 7. The maximum Gasteiger partial charge on any atom is 0.270 e. The van der Waals surface area contributed by atoms with Crippen molar-refractivity contribution in [1.29, 1.82) is 0 Å². The van der Waals surface area contributed by atoms with Gasteiger partial charge in [-0.15, -0.1) is 0 Å². The number of carbonyl (C=O) groups excluding carboxylic acids is 4. The van der Waals surface area contributed by atoms with Crippen LogP contribution >= 0.6 is 0 Å². The van der Waals surface area contributed by atoms with Crippen LogP contribution in [0.3, 0.4) is 0 Å². The lowest BCUT2D eigenvalue weighted by Crippen LogP contribution is -2.52. The molecule has 3 N–H and O–H groups in total. The monoisotopic (exact) mass is 500 g/mol. The fourth-order valence-corrected chi connectivity index (χ4v) is 5.40. The van der Waals surface area contributed by atoms with Gasteiger partial charge < -0.3 is 11.1 Å². The quantitative estimate of drug-likeness (QED) is 0.415. The average Bonchev–Trinajstić information content (AvgIpc) is 3.08. The van der Waals surface area contributed by atoms with Crippen LogP contribution in [0.1, 0.15) is 58.8 Å². The molecule has 1 aliphatic heterocycles. The summed E-state index contributed by atoms with van der Waals surface area (Å²) < 4.78 is 26.9. The Bertz CT molecular complexity index is 1300. The van der Waals surface area contributed by atoms with Crippen molar-refractivity contribution in [3.8, 4) is 0 Å². The highest BCUT2D eigenvalue weighted by Gasteiger charge is 2.44. The van der Waals surface area contributed by atoms with Gasteiger partial charge in [0.25, 0.3) is 23.6 Å². The summed E-state index contributed by atoms with van der Waals surface area (Å²) in [5.41, 5.74) is 5.90. The number of carbonyl (C=O) groups is 4. The van der Waals surface area contributed by atoms with E-state index in [1.165, 1.54) is 46.8 Å². The van der Waals surface area contributed by atoms with E-state index in [0.29, 0.717) is 4.90 Å². The summed E-state index contributed by atoms with van der Waals surface area (Å²) in [6, 6.07) is 8.61. The van der Waals surface area contributed by atoms with Gasteiger partial charge in [-0.2, -0.15) is 4.31 Å². The largest absolute Gasteiger partial charge is 0.398 e. The number of fused-ring (bicyclic) bond motifs is 1. The maximum absolute atomic E-state index is 13.3. The van der Waals surface area contributed by atoms with Crippen LogP contribution in [0, 0.1) is 5.92 Å². The second-order valence-electron chi connectivity index (χ2n) is 8.37. The Balaban J connectivity index is 1.88. The molecule has 1 aliphatic rings. The summed E-state index contributed by atoms with van der Waals surface area (Å²) in [5, 5.41) is 2.55. The molecule has 0 aliphatic carbocycles. The SMILES string of the molecule is CCN(CC)S(=O)(=O)c1cccc(C(=O)N[C@@H](C(=O)N2C(=O)c3cccc(N)c3C2=O)C(C)C)c1. The minimum Gasteiger partial charge on any atom is -0.398 e. The van der Waals surface area contributed by atoms with Crippen molar-refractivity contribution in [2.45, 2.75) is 38.6 Å². The highest BCUT2D eigenvalue weighted by atomic mass is 32.2. The lowest BCUT2D eigenvalue weighted by atomic mass is 10.0. The third kappa shape index (κ3) is 4.69. The minimum absolute atomic E-state index is 0.0169. The van der Waals surface area contributed by atoms with Crippen LogP contribution in [-0.4, -0.2) is 60.4 Å². The summed E-state index contributed by atoms with van der Waals surface area (Å²) in [4.78, 5) is 52.4. The van der Waals surface area contributed by atoms with Crippen molar-refractivity contribution < 1.29 is 27.6 Å². The molecule has 0 spiro atoms. The van der Waals surface area contributed by atoms with Gasteiger partial charge in [-0.05, 0) is 36.2 Å². The Labute approximate surface area is 204 Å². The Kier molecular flexibility index (Phi) is 7.41. The molecule has 0 radical (unpaired) electrons. The predicted molar refractivity (Wildman–Crippen MR) is 129 cm³/mol. The number of imide groups is 3. The molecule has 2 aromatic rings. The van der Waals surface area contributed by atoms with Gasteiger partial charge in [0.1, 0.15) is 6.04 Å². The third-order valence-electron chi connectivity index (χ3n) is 5.83. The van der Waals surface area contributed by atoms with Crippen molar-refractivity contribution >= 4 is 39.3 Å². The van der Waals surface area contributed by atoms with Gasteiger partial charge in [-0.25, -0.2) is 13.3 Å². The molecule has 35 heavy (non-hydrogen) atoms. The minimum atomic E-state index is -3.80. The summed E-state index contributed by atoms with van der Waals surface area (Å²) in [5.74, 6) is -3.76. The van der Waals surface area contributed by atoms with Crippen LogP contribution in [0.15, 0.2) is 47.4 Å². The Morgan fingerprint density at radius 2 is 1.66 bits per heavy atom. The molecule has 4 amide bonds. The average molecular weight is 501 g/mol. The zero-order chi connectivity index (χ0) is 26.1. The number of sulfonamides is 1. The molecule has 1 atom stereocenters. The van der Waals surface area contributed by atoms with E-state index in [-0.39, 0.29) is 40.4 Å². The van der Waals surface area contributed by atoms with E-state index in [1.54, 1.807) is 27.7 Å². The topological polar surface area (TPSA) is 147 Å². The molecule has 0 unspecified atom stereocenters. The maximum atomic E-state index is 13.3. The number of nitrogens with zero attached hydrogens (tertiary/aromatic N) is 2. The van der Waals surface area contributed by atoms with E-state index in [2.05, 4.69) is 5.32 Å². The van der Waals surface area contributed by atoms with Crippen LogP contribution in [0.5, 0.6) is 0 Å². The number of amides is 4. The third-order valence-corrected chi connectivity index (χ3v) is 7.87. The number of benzene rings is 2. The first kappa shape index (κ1) is 26.0. The Hall–Kier alpha value is -3.57. The number of rotatable bonds is 8. The molecule has 10 nitrogen and oxygen atoms in total. The van der Waals surface area contributed by atoms with Gasteiger partial charge >= 0.3 is 0 Å². The molecule has 0 bridgehead atoms. The molecule has 11 heteroatoms. The van der Waals surface area contributed by atoms with E-state index >= 15 is 0 Å². The van der Waals surface area contributed by atoms with Gasteiger partial charge in [-0.3, -0.25) is 19.2 Å². The Morgan fingerprint density at radius 3 is 2.23 bits per heavy atom. The molecule has 0 fully saturated rings. The van der Waals surface area contributed by atoms with Gasteiger partial charge in [-0.1, -0.05) is 39.8 Å². The van der Waals surface area contributed by atoms with Gasteiger partial charge in [0.2, 0.25) is 10.0 Å². The Morgan fingerprint density at radius 1 is 1.03 bits per heavy atom. The normalized spacial score (nSPS) is 14.4. The fourth-order valence-electron chi connectivity index (χ4n) is 3.90. The molecule has 0 saturated carbocycles. The number of nitrogens with two attached hydrogens (primary N) is 1. The molecule has 1 heterocycles. The highest BCUT2D eigenvalue weighted by Crippen LogP contribution is 2.28. The predicted octanol–water partition coefficient (Wildman–Crippen LogP) is 1.88. The first-order valence-electron chi connectivity index (χ1n) is 11.2. The van der Waals surface area contributed by atoms with Crippen LogP contribution < -0.4 is 11.1 Å². The van der Waals surface area contributed by atoms with Crippen LogP contribution in [0.2, 0.25) is 0 Å². The zero-order valence-electron chi connectivity index (χ0n) is 19.9. The standard InChI is InChI=1S/C24H28N4O6S/c1-5-27(6-2)35(33,34)16-10-7-9-15(13-16)21(29)26-20(14(3)4)24(32)28-22(30)17-11-8-12-18(25)19(17)23(28)31/h7-14,20H,5-6,25H2,1-4H3,(H,26,29)/t20-/m1/s1. The van der Waals surface area contributed by atoms with Crippen LogP contribution in [-0.2, 0) is 14.8 Å². The molecular weight excluding hydrogens is 472 g/mol. The first-order chi connectivity index (χ1) is 16.4. The smallest absolute Gasteiger partial charge is 0.270 e. The fraction of sp³-hybridized carbons (Fsp3) is 0.333. The van der Waals surface area contributed by atoms with Gasteiger partial charge in [0.15, 0.2) is 0 Å². The molecule has 0 aromatic heterocycles. The van der Waals surface area contributed by atoms with Gasteiger partial charge in [0.05, 0.1) is 16.0 Å². The van der Waals surface area contributed by atoms with Gasteiger partial charge in [0, 0.05) is 24.3 Å². The lowest BCUT2D eigenvalue weighted by Gasteiger charge is -2.25. The molecule has 0 saturated heterocycles. The summed E-state index contributed by atoms with van der Waals surface area (Å²) in [6.45, 7) is 7.26. The van der Waals surface area contributed by atoms with E-state index in [0.717, 1.165) is 0 Å². The van der Waals surface area contributed by atoms with Crippen molar-refractivity contribution in [1.82, 2.24) is 14.5 Å². The summed E-state index contributed by atoms with van der Waals surface area (Å²) >= 11 is 0. The van der Waals surface area contributed by atoms with E-state index in [1.807, 2.05) is 0 Å². The number of nitrogen functional groups attached to an aromatic ring is 1. The number of anilines is 1. The summed E-state index contributed by atoms with van der Waals surface area (Å²) in [7, 11) is -3.80. The van der Waals surface area contributed by atoms with E-state index in [9.17, 15) is 27.6 Å². The molecule has 186 valence electrons. The van der Waals surface area contributed by atoms with Crippen molar-refractivity contribution in [2.24, 2.45) is 5.92 Å². The van der Waals surface area contributed by atoms with Crippen molar-refractivity contribution in [2.75, 3.05) is 18.8 Å². The van der Waals surface area contributed by atoms with Crippen molar-refractivity contribution in [3.63, 3.8) is 0 Å². The lowest BCUT2D eigenvalue weighted by molar-refractivity contribution is -0.129. The molecule has 3 rings (SSSR count). The number of nitrogens with one attached hydrogen (secondary N) is 1. The second kappa shape index (κ2) is 9.96. The molecule has 2 aromatic carbocycles. The van der Waals surface area contributed by atoms with Crippen molar-refractivity contribution in [3.05, 3.63) is 59.2 Å². The van der Waals surface area contributed by atoms with Crippen LogP contribution in [0.25, 0.3) is 0 Å². The molecular formula is C24H28N4O6S.